The number of hydrogen-bond donors (Lipinski definition) is 2. The van der Waals surface area contributed by atoms with Gasteiger partial charge in [-0.05, 0) is 54.1 Å². The highest BCUT2D eigenvalue weighted by Crippen LogP contribution is 2.26. The summed E-state index contributed by atoms with van der Waals surface area (Å²) >= 11 is 0. The number of carbonyl (C=O) groups excluding carboxylic acids is 1. The molecule has 0 aliphatic rings. The average molecular weight is 396 g/mol. The summed E-state index contributed by atoms with van der Waals surface area (Å²) in [5, 5.41) is 6.89. The van der Waals surface area contributed by atoms with Crippen molar-refractivity contribution in [2.45, 2.75) is 6.61 Å². The molecule has 1 heterocycles. The molecular weight excluding hydrogens is 376 g/mol. The minimum atomic E-state index is -0.267. The number of benzene rings is 3. The third-order valence-corrected chi connectivity index (χ3v) is 4.45. The highest BCUT2D eigenvalue weighted by molar-refractivity contribution is 6.01. The number of amides is 1. The maximum absolute atomic E-state index is 11.5. The van der Waals surface area contributed by atoms with Gasteiger partial charge in [-0.3, -0.25) is 4.79 Å². The van der Waals surface area contributed by atoms with E-state index in [1.165, 1.54) is 12.4 Å². The summed E-state index contributed by atoms with van der Waals surface area (Å²) in [4.78, 5) is 20.1. The fourth-order valence-electron chi connectivity index (χ4n) is 2.94. The van der Waals surface area contributed by atoms with Crippen molar-refractivity contribution in [2.75, 3.05) is 10.6 Å². The van der Waals surface area contributed by atoms with Crippen molar-refractivity contribution in [1.29, 1.82) is 0 Å². The number of hydrogen-bond acceptors (Lipinski definition) is 5. The van der Waals surface area contributed by atoms with Crippen LogP contribution in [0, 0.1) is 0 Å². The summed E-state index contributed by atoms with van der Waals surface area (Å²) < 4.78 is 5.83. The molecule has 4 rings (SSSR count). The molecule has 148 valence electrons. The molecule has 0 atom stereocenters. The molecular formula is C24H20N4O2. The highest BCUT2D eigenvalue weighted by Gasteiger charge is 2.07. The van der Waals surface area contributed by atoms with Gasteiger partial charge in [-0.1, -0.05) is 36.9 Å². The number of carbonyl (C=O) groups is 1. The van der Waals surface area contributed by atoms with Crippen LogP contribution in [0.2, 0.25) is 0 Å². The Balaban J connectivity index is 1.47. The molecule has 6 heteroatoms. The molecule has 0 aliphatic heterocycles. The van der Waals surface area contributed by atoms with Crippen LogP contribution in [0.5, 0.6) is 5.75 Å². The van der Waals surface area contributed by atoms with Crippen LogP contribution in [0.1, 0.15) is 5.56 Å². The zero-order valence-electron chi connectivity index (χ0n) is 16.2. The second kappa shape index (κ2) is 8.87. The Morgan fingerprint density at radius 2 is 1.73 bits per heavy atom. The van der Waals surface area contributed by atoms with Crippen LogP contribution in [0.25, 0.3) is 10.9 Å². The zero-order valence-corrected chi connectivity index (χ0v) is 16.2. The third-order valence-electron chi connectivity index (χ3n) is 4.45. The van der Waals surface area contributed by atoms with Crippen molar-refractivity contribution in [3.05, 3.63) is 97.3 Å². The third kappa shape index (κ3) is 4.62. The maximum Gasteiger partial charge on any atom is 0.247 e. The van der Waals surface area contributed by atoms with Crippen molar-refractivity contribution >= 4 is 34.0 Å². The normalized spacial score (nSPS) is 10.4. The van der Waals surface area contributed by atoms with E-state index in [-0.39, 0.29) is 5.91 Å². The Bertz CT molecular complexity index is 1170. The predicted molar refractivity (Wildman–Crippen MR) is 119 cm³/mol. The van der Waals surface area contributed by atoms with Crippen LogP contribution in [-0.4, -0.2) is 15.9 Å². The van der Waals surface area contributed by atoms with Crippen LogP contribution in [0.4, 0.5) is 17.2 Å². The van der Waals surface area contributed by atoms with E-state index in [1.807, 2.05) is 60.7 Å². The lowest BCUT2D eigenvalue weighted by atomic mass is 10.2. The lowest BCUT2D eigenvalue weighted by Gasteiger charge is -2.11. The number of nitrogens with zero attached hydrogens (tertiary/aromatic N) is 2. The van der Waals surface area contributed by atoms with Gasteiger partial charge in [0.25, 0.3) is 0 Å². The van der Waals surface area contributed by atoms with Gasteiger partial charge in [-0.15, -0.1) is 0 Å². The summed E-state index contributed by atoms with van der Waals surface area (Å²) in [7, 11) is 0. The van der Waals surface area contributed by atoms with Crippen LogP contribution >= 0.6 is 0 Å². The minimum Gasteiger partial charge on any atom is -0.489 e. The van der Waals surface area contributed by atoms with Crippen molar-refractivity contribution in [2.24, 2.45) is 0 Å². The molecule has 1 amide bonds. The van der Waals surface area contributed by atoms with Gasteiger partial charge >= 0.3 is 0 Å². The summed E-state index contributed by atoms with van der Waals surface area (Å²) in [6.07, 6.45) is 2.71. The molecule has 6 nitrogen and oxygen atoms in total. The Morgan fingerprint density at radius 1 is 0.967 bits per heavy atom. The first-order chi connectivity index (χ1) is 14.7. The molecule has 0 bridgehead atoms. The van der Waals surface area contributed by atoms with E-state index >= 15 is 0 Å². The molecule has 0 spiro atoms. The second-order valence-electron chi connectivity index (χ2n) is 6.57. The van der Waals surface area contributed by atoms with E-state index in [2.05, 4.69) is 27.2 Å². The first kappa shape index (κ1) is 19.1. The van der Waals surface area contributed by atoms with Gasteiger partial charge in [0.15, 0.2) is 0 Å². The maximum atomic E-state index is 11.5. The van der Waals surface area contributed by atoms with E-state index in [0.717, 1.165) is 27.9 Å². The number of aromatic nitrogens is 2. The van der Waals surface area contributed by atoms with Crippen LogP contribution in [0.15, 0.2) is 91.8 Å². The molecule has 0 unspecified atom stereocenters. The molecule has 2 N–H and O–H groups in total. The van der Waals surface area contributed by atoms with E-state index in [0.29, 0.717) is 18.1 Å². The van der Waals surface area contributed by atoms with Gasteiger partial charge in [0.1, 0.15) is 24.5 Å². The summed E-state index contributed by atoms with van der Waals surface area (Å²) in [6.45, 7) is 3.98. The van der Waals surface area contributed by atoms with Crippen molar-refractivity contribution < 1.29 is 9.53 Å². The van der Waals surface area contributed by atoms with E-state index in [9.17, 15) is 4.79 Å². The Kier molecular flexibility index (Phi) is 5.66. The van der Waals surface area contributed by atoms with Crippen molar-refractivity contribution in [3.8, 4) is 5.75 Å². The molecule has 0 aliphatic carbocycles. The van der Waals surface area contributed by atoms with Gasteiger partial charge in [-0.2, -0.15) is 0 Å². The fraction of sp³-hybridized carbons (Fsp3) is 0.0417. The van der Waals surface area contributed by atoms with Gasteiger partial charge in [-0.25, -0.2) is 9.97 Å². The highest BCUT2D eigenvalue weighted by atomic mass is 16.5. The van der Waals surface area contributed by atoms with Crippen LogP contribution in [0.3, 0.4) is 0 Å². The SMILES string of the molecule is C=CC(=O)Nc1ccc2c(Nc3ccc(OCc4ccccc4)cc3)ncnc2c1. The molecule has 0 fully saturated rings. The zero-order chi connectivity index (χ0) is 20.8. The Labute approximate surface area is 174 Å². The Hall–Kier alpha value is -4.19. The van der Waals surface area contributed by atoms with Crippen molar-refractivity contribution in [3.63, 3.8) is 0 Å². The Morgan fingerprint density at radius 3 is 2.50 bits per heavy atom. The second-order valence-corrected chi connectivity index (χ2v) is 6.57. The first-order valence-electron chi connectivity index (χ1n) is 9.43. The van der Waals surface area contributed by atoms with Crippen LogP contribution in [-0.2, 0) is 11.4 Å². The lowest BCUT2D eigenvalue weighted by molar-refractivity contribution is -0.111. The molecule has 30 heavy (non-hydrogen) atoms. The van der Waals surface area contributed by atoms with Crippen LogP contribution < -0.4 is 15.4 Å². The first-order valence-corrected chi connectivity index (χ1v) is 9.43. The topological polar surface area (TPSA) is 76.1 Å². The van der Waals surface area contributed by atoms with Gasteiger partial charge in [0.2, 0.25) is 5.91 Å². The quantitative estimate of drug-likeness (QED) is 0.426. The molecule has 0 saturated carbocycles. The molecule has 1 aromatic heterocycles. The van der Waals surface area contributed by atoms with Crippen molar-refractivity contribution in [1.82, 2.24) is 9.97 Å². The molecule has 3 aromatic carbocycles. The molecule has 0 radical (unpaired) electrons. The smallest absolute Gasteiger partial charge is 0.247 e. The minimum absolute atomic E-state index is 0.267. The fourth-order valence-corrected chi connectivity index (χ4v) is 2.94. The summed E-state index contributed by atoms with van der Waals surface area (Å²) in [6, 6.07) is 23.2. The largest absolute Gasteiger partial charge is 0.489 e. The number of fused-ring (bicyclic) bond motifs is 1. The number of nitrogens with one attached hydrogen (secondary N) is 2. The lowest BCUT2D eigenvalue weighted by Crippen LogP contribution is -2.07. The molecule has 4 aromatic rings. The van der Waals surface area contributed by atoms with Gasteiger partial charge < -0.3 is 15.4 Å². The predicted octanol–water partition coefficient (Wildman–Crippen LogP) is 5.08. The number of rotatable bonds is 7. The standard InChI is InChI=1S/C24H20N4O2/c1-2-23(29)27-19-10-13-21-22(14-19)25-16-26-24(21)28-18-8-11-20(12-9-18)30-15-17-6-4-3-5-7-17/h2-14,16H,1,15H2,(H,27,29)(H,25,26,28). The monoisotopic (exact) mass is 396 g/mol. The van der Waals surface area contributed by atoms with E-state index in [4.69, 9.17) is 4.74 Å². The number of ether oxygens (including phenoxy) is 1. The summed E-state index contributed by atoms with van der Waals surface area (Å²) in [5.41, 5.74) is 3.37. The average Bonchev–Trinajstić information content (AvgIpc) is 2.79. The van der Waals surface area contributed by atoms with Gasteiger partial charge in [0, 0.05) is 16.8 Å². The van der Waals surface area contributed by atoms with Gasteiger partial charge in [0.05, 0.1) is 5.52 Å². The number of anilines is 3. The van der Waals surface area contributed by atoms with E-state index in [1.54, 1.807) is 12.1 Å². The van der Waals surface area contributed by atoms with E-state index < -0.39 is 0 Å². The summed E-state index contributed by atoms with van der Waals surface area (Å²) in [5.74, 6) is 1.20. The molecule has 0 saturated heterocycles.